The average Bonchev–Trinajstić information content (AvgIpc) is 2.74. The van der Waals surface area contributed by atoms with E-state index in [1.165, 1.54) is 11.3 Å². The number of carbonyl (C=O) groups is 1. The summed E-state index contributed by atoms with van der Waals surface area (Å²) in [5, 5.41) is 5.30. The molecule has 0 saturated carbocycles. The van der Waals surface area contributed by atoms with Gasteiger partial charge in [0.15, 0.2) is 0 Å². The largest absolute Gasteiger partial charge is 0.383 e. The number of benzene rings is 1. The van der Waals surface area contributed by atoms with E-state index in [2.05, 4.69) is 21.2 Å². The number of thiophene rings is 1. The number of nitrogens with one attached hydrogen (secondary N) is 1. The fourth-order valence-electron chi connectivity index (χ4n) is 2.22. The van der Waals surface area contributed by atoms with E-state index < -0.39 is 0 Å². The van der Waals surface area contributed by atoms with Crippen LogP contribution in [0.3, 0.4) is 0 Å². The van der Waals surface area contributed by atoms with Gasteiger partial charge in [0.2, 0.25) is 0 Å². The number of nitrogens with zero attached hydrogens (tertiary/aromatic N) is 1. The smallest absolute Gasteiger partial charge is 0.269 e. The molecule has 2 aromatic rings. The molecule has 1 aliphatic heterocycles. The van der Waals surface area contributed by atoms with E-state index in [4.69, 9.17) is 0 Å². The second-order valence-electron chi connectivity index (χ2n) is 4.35. The number of hydrogen-bond acceptors (Lipinski definition) is 3. The molecule has 0 fully saturated rings. The third-order valence-electron chi connectivity index (χ3n) is 3.13. The summed E-state index contributed by atoms with van der Waals surface area (Å²) in [6, 6.07) is 9.88. The van der Waals surface area contributed by atoms with E-state index in [0.29, 0.717) is 0 Å². The van der Waals surface area contributed by atoms with Crippen LogP contribution in [0.4, 0.5) is 11.4 Å². The van der Waals surface area contributed by atoms with Gasteiger partial charge in [-0.1, -0.05) is 12.1 Å². The molecule has 1 aromatic heterocycles. The van der Waals surface area contributed by atoms with Crippen LogP contribution < -0.4 is 10.2 Å². The summed E-state index contributed by atoms with van der Waals surface area (Å²) < 4.78 is 0.872. The monoisotopic (exact) mass is 336 g/mol. The molecule has 19 heavy (non-hydrogen) atoms. The molecule has 5 heteroatoms. The van der Waals surface area contributed by atoms with Gasteiger partial charge in [-0.15, -0.1) is 11.3 Å². The van der Waals surface area contributed by atoms with Crippen LogP contribution in [0.15, 0.2) is 40.2 Å². The zero-order chi connectivity index (χ0) is 13.2. The predicted molar refractivity (Wildman–Crippen MR) is 83.2 cm³/mol. The van der Waals surface area contributed by atoms with E-state index in [0.717, 1.165) is 40.2 Å². The second kappa shape index (κ2) is 5.35. The van der Waals surface area contributed by atoms with Crippen molar-refractivity contribution in [2.45, 2.75) is 6.42 Å². The summed E-state index contributed by atoms with van der Waals surface area (Å²) in [6.45, 7) is 1.64. The van der Waals surface area contributed by atoms with Crippen molar-refractivity contribution in [1.29, 1.82) is 0 Å². The molecule has 3 nitrogen and oxygen atoms in total. The first-order valence-electron chi connectivity index (χ1n) is 6.15. The van der Waals surface area contributed by atoms with Crippen molar-refractivity contribution in [2.75, 3.05) is 23.3 Å². The fraction of sp³-hybridized carbons (Fsp3) is 0.214. The lowest BCUT2D eigenvalue weighted by Gasteiger charge is -2.22. The van der Waals surface area contributed by atoms with Gasteiger partial charge >= 0.3 is 0 Å². The molecule has 98 valence electrons. The quantitative estimate of drug-likeness (QED) is 0.854. The van der Waals surface area contributed by atoms with E-state index in [9.17, 15) is 4.79 Å². The molecule has 2 heterocycles. The molecule has 0 unspecified atom stereocenters. The maximum atomic E-state index is 12.7. The van der Waals surface area contributed by atoms with Crippen LogP contribution in [0, 0.1) is 0 Å². The van der Waals surface area contributed by atoms with Crippen LogP contribution >= 0.6 is 27.3 Å². The lowest BCUT2D eigenvalue weighted by molar-refractivity contribution is 0.0990. The molecule has 0 atom stereocenters. The maximum absolute atomic E-state index is 12.7. The van der Waals surface area contributed by atoms with Crippen molar-refractivity contribution in [1.82, 2.24) is 0 Å². The maximum Gasteiger partial charge on any atom is 0.269 e. The van der Waals surface area contributed by atoms with E-state index >= 15 is 0 Å². The molecule has 1 amide bonds. The Kier molecular flexibility index (Phi) is 3.57. The summed E-state index contributed by atoms with van der Waals surface area (Å²) in [6.07, 6.45) is 0.948. The highest BCUT2D eigenvalue weighted by Crippen LogP contribution is 2.32. The molecule has 1 N–H and O–H groups in total. The lowest BCUT2D eigenvalue weighted by Crippen LogP contribution is -2.31. The Bertz CT molecular complexity index is 611. The molecule has 0 saturated heterocycles. The number of halogens is 1. The number of rotatable bonds is 1. The highest BCUT2D eigenvalue weighted by atomic mass is 79.9. The van der Waals surface area contributed by atoms with Crippen molar-refractivity contribution in [3.63, 3.8) is 0 Å². The SMILES string of the molecule is O=C(c1sccc1Br)N1CCCNc2ccccc21. The molecule has 1 aliphatic rings. The lowest BCUT2D eigenvalue weighted by atomic mass is 10.2. The van der Waals surface area contributed by atoms with Crippen LogP contribution in [0.25, 0.3) is 0 Å². The van der Waals surface area contributed by atoms with Crippen molar-refractivity contribution >= 4 is 44.5 Å². The van der Waals surface area contributed by atoms with E-state index in [-0.39, 0.29) is 5.91 Å². The van der Waals surface area contributed by atoms with Crippen molar-refractivity contribution in [2.24, 2.45) is 0 Å². The standard InChI is InChI=1S/C14H13BrN2OS/c15-10-6-9-19-13(10)14(18)17-8-3-7-16-11-4-1-2-5-12(11)17/h1-2,4-6,9,16H,3,7-8H2. The van der Waals surface area contributed by atoms with Gasteiger partial charge in [-0.2, -0.15) is 0 Å². The van der Waals surface area contributed by atoms with Gasteiger partial charge in [-0.05, 0) is 45.9 Å². The predicted octanol–water partition coefficient (Wildman–Crippen LogP) is 3.97. The fourth-order valence-corrected chi connectivity index (χ4v) is 3.71. The zero-order valence-corrected chi connectivity index (χ0v) is 12.6. The Hall–Kier alpha value is -1.33. The molecule has 1 aromatic carbocycles. The van der Waals surface area contributed by atoms with Crippen LogP contribution in [-0.4, -0.2) is 19.0 Å². The van der Waals surface area contributed by atoms with Gasteiger partial charge in [0.05, 0.1) is 11.4 Å². The summed E-state index contributed by atoms with van der Waals surface area (Å²) in [5.74, 6) is 0.0676. The third kappa shape index (κ3) is 2.40. The van der Waals surface area contributed by atoms with Crippen LogP contribution in [-0.2, 0) is 0 Å². The summed E-state index contributed by atoms with van der Waals surface area (Å²) in [5.41, 5.74) is 1.99. The van der Waals surface area contributed by atoms with Gasteiger partial charge in [-0.3, -0.25) is 4.79 Å². The van der Waals surface area contributed by atoms with Crippen LogP contribution in [0.1, 0.15) is 16.1 Å². The Morgan fingerprint density at radius 1 is 1.32 bits per heavy atom. The van der Waals surface area contributed by atoms with Crippen LogP contribution in [0.2, 0.25) is 0 Å². The second-order valence-corrected chi connectivity index (χ2v) is 6.12. The number of amides is 1. The van der Waals surface area contributed by atoms with Gasteiger partial charge in [0.25, 0.3) is 5.91 Å². The number of para-hydroxylation sites is 2. The first-order chi connectivity index (χ1) is 9.27. The number of fused-ring (bicyclic) bond motifs is 1. The Balaban J connectivity index is 2.01. The first kappa shape index (κ1) is 12.7. The minimum absolute atomic E-state index is 0.0676. The number of hydrogen-bond donors (Lipinski definition) is 1. The topological polar surface area (TPSA) is 32.3 Å². The molecule has 0 bridgehead atoms. The molecule has 3 rings (SSSR count). The van der Waals surface area contributed by atoms with Gasteiger partial charge in [0, 0.05) is 17.6 Å². The molecule has 0 aliphatic carbocycles. The van der Waals surface area contributed by atoms with Gasteiger partial charge in [-0.25, -0.2) is 0 Å². The summed E-state index contributed by atoms with van der Waals surface area (Å²) in [7, 11) is 0. The minimum atomic E-state index is 0.0676. The van der Waals surface area contributed by atoms with Gasteiger partial charge < -0.3 is 10.2 Å². The van der Waals surface area contributed by atoms with Crippen molar-refractivity contribution in [3.05, 3.63) is 45.1 Å². The Labute approximate surface area is 124 Å². The van der Waals surface area contributed by atoms with Gasteiger partial charge in [0.1, 0.15) is 4.88 Å². The number of anilines is 2. The molecule has 0 spiro atoms. The molecule has 0 radical (unpaired) electrons. The first-order valence-corrected chi connectivity index (χ1v) is 7.82. The van der Waals surface area contributed by atoms with E-state index in [1.807, 2.05) is 40.6 Å². The molecular formula is C14H13BrN2OS. The third-order valence-corrected chi connectivity index (χ3v) is 4.95. The summed E-state index contributed by atoms with van der Waals surface area (Å²) >= 11 is 4.91. The summed E-state index contributed by atoms with van der Waals surface area (Å²) in [4.78, 5) is 15.3. The zero-order valence-electron chi connectivity index (χ0n) is 10.2. The normalized spacial score (nSPS) is 14.5. The average molecular weight is 337 g/mol. The number of carbonyl (C=O) groups excluding carboxylic acids is 1. The molecular weight excluding hydrogens is 324 g/mol. The Morgan fingerprint density at radius 2 is 2.16 bits per heavy atom. The van der Waals surface area contributed by atoms with Crippen molar-refractivity contribution < 1.29 is 4.79 Å². The van der Waals surface area contributed by atoms with Crippen molar-refractivity contribution in [3.8, 4) is 0 Å². The Morgan fingerprint density at radius 3 is 2.95 bits per heavy atom. The van der Waals surface area contributed by atoms with Crippen LogP contribution in [0.5, 0.6) is 0 Å². The highest BCUT2D eigenvalue weighted by molar-refractivity contribution is 9.10. The highest BCUT2D eigenvalue weighted by Gasteiger charge is 2.24. The minimum Gasteiger partial charge on any atom is -0.383 e. The van der Waals surface area contributed by atoms with E-state index in [1.54, 1.807) is 0 Å².